The summed E-state index contributed by atoms with van der Waals surface area (Å²) in [5, 5.41) is 10.4. The Morgan fingerprint density at radius 2 is 2.40 bits per heavy atom. The van der Waals surface area contributed by atoms with E-state index < -0.39 is 11.9 Å². The number of carboxylic acids is 1. The lowest BCUT2D eigenvalue weighted by atomic mass is 9.95. The van der Waals surface area contributed by atoms with Gasteiger partial charge in [-0.05, 0) is 6.42 Å². The van der Waals surface area contributed by atoms with Crippen molar-refractivity contribution in [1.29, 1.82) is 0 Å². The molecule has 0 radical (unpaired) electrons. The molecule has 2 bridgehead atoms. The predicted molar refractivity (Wildman–Crippen MR) is 30.9 cm³/mol. The number of hydrogen-bond acceptors (Lipinski definition) is 3. The summed E-state index contributed by atoms with van der Waals surface area (Å²) in [4.78, 5) is 10.4. The molecule has 0 unspecified atom stereocenters. The van der Waals surface area contributed by atoms with E-state index in [2.05, 4.69) is 0 Å². The quantitative estimate of drug-likeness (QED) is 0.441. The molecule has 0 aromatic rings. The molecule has 2 heterocycles. The second-order valence-corrected chi connectivity index (χ2v) is 2.69. The highest BCUT2D eigenvalue weighted by molar-refractivity contribution is 5.69. The summed E-state index contributed by atoms with van der Waals surface area (Å²) in [6.45, 7) is 0. The molecular weight excluding hydrogens is 132 g/mol. The number of carboxylic acid groups (broad SMARTS) is 1. The van der Waals surface area contributed by atoms with Crippen LogP contribution in [0.25, 0.3) is 0 Å². The molecule has 0 aliphatic carbocycles. The van der Waals surface area contributed by atoms with Gasteiger partial charge in [0.15, 0.2) is 0 Å². The second kappa shape index (κ2) is 1.83. The SMILES string of the molecule is O=C([O-])[C@H]1C[C@@H]2C=C[C@H]1O2. The first-order valence-electron chi connectivity index (χ1n) is 3.32. The van der Waals surface area contributed by atoms with E-state index in [9.17, 15) is 9.90 Å². The van der Waals surface area contributed by atoms with E-state index in [-0.39, 0.29) is 12.2 Å². The smallest absolute Gasteiger partial charge is 0.0846 e. The summed E-state index contributed by atoms with van der Waals surface area (Å²) in [7, 11) is 0. The lowest BCUT2D eigenvalue weighted by Gasteiger charge is -2.15. The van der Waals surface area contributed by atoms with Crippen LogP contribution in [-0.4, -0.2) is 18.2 Å². The Morgan fingerprint density at radius 1 is 1.60 bits per heavy atom. The molecule has 10 heavy (non-hydrogen) atoms. The number of aliphatic carboxylic acids is 1. The minimum Gasteiger partial charge on any atom is -0.550 e. The van der Waals surface area contributed by atoms with E-state index in [1.807, 2.05) is 6.08 Å². The van der Waals surface area contributed by atoms with Gasteiger partial charge >= 0.3 is 0 Å². The van der Waals surface area contributed by atoms with Crippen molar-refractivity contribution in [3.63, 3.8) is 0 Å². The number of fused-ring (bicyclic) bond motifs is 2. The van der Waals surface area contributed by atoms with Crippen molar-refractivity contribution in [2.45, 2.75) is 18.6 Å². The molecule has 2 aliphatic rings. The van der Waals surface area contributed by atoms with Gasteiger partial charge in [-0.2, -0.15) is 0 Å². The van der Waals surface area contributed by atoms with Crippen molar-refractivity contribution < 1.29 is 14.6 Å². The van der Waals surface area contributed by atoms with E-state index >= 15 is 0 Å². The molecule has 0 amide bonds. The summed E-state index contributed by atoms with van der Waals surface area (Å²) >= 11 is 0. The molecule has 3 nitrogen and oxygen atoms in total. The van der Waals surface area contributed by atoms with Crippen LogP contribution in [0.4, 0.5) is 0 Å². The minimum atomic E-state index is -0.989. The zero-order chi connectivity index (χ0) is 7.14. The molecule has 2 rings (SSSR count). The Kier molecular flexibility index (Phi) is 1.08. The van der Waals surface area contributed by atoms with Gasteiger partial charge in [0, 0.05) is 11.9 Å². The molecule has 0 aromatic carbocycles. The zero-order valence-corrected chi connectivity index (χ0v) is 5.32. The summed E-state index contributed by atoms with van der Waals surface area (Å²) < 4.78 is 5.21. The normalized spacial score (nSPS) is 42.6. The largest absolute Gasteiger partial charge is 0.550 e. The van der Waals surface area contributed by atoms with Crippen LogP contribution in [0, 0.1) is 5.92 Å². The highest BCUT2D eigenvalue weighted by Gasteiger charge is 2.37. The maximum atomic E-state index is 10.4. The van der Waals surface area contributed by atoms with Crippen LogP contribution < -0.4 is 5.11 Å². The Balaban J connectivity index is 2.16. The Hall–Kier alpha value is -0.830. The van der Waals surface area contributed by atoms with Gasteiger partial charge in [-0.1, -0.05) is 12.2 Å². The first-order chi connectivity index (χ1) is 4.77. The van der Waals surface area contributed by atoms with Crippen LogP contribution in [0.2, 0.25) is 0 Å². The molecule has 0 N–H and O–H groups in total. The van der Waals surface area contributed by atoms with Crippen LogP contribution in [-0.2, 0) is 9.53 Å². The van der Waals surface area contributed by atoms with Crippen molar-refractivity contribution in [3.8, 4) is 0 Å². The van der Waals surface area contributed by atoms with Gasteiger partial charge in [-0.15, -0.1) is 0 Å². The van der Waals surface area contributed by atoms with E-state index in [4.69, 9.17) is 4.74 Å². The van der Waals surface area contributed by atoms with Crippen LogP contribution in [0.15, 0.2) is 12.2 Å². The van der Waals surface area contributed by atoms with Crippen molar-refractivity contribution in [1.82, 2.24) is 0 Å². The predicted octanol–water partition coefficient (Wildman–Crippen LogP) is -0.920. The van der Waals surface area contributed by atoms with Gasteiger partial charge in [0.05, 0.1) is 12.2 Å². The molecule has 1 fully saturated rings. The lowest BCUT2D eigenvalue weighted by Crippen LogP contribution is -2.35. The summed E-state index contributed by atoms with van der Waals surface area (Å²) in [5.74, 6) is -1.40. The molecule has 0 aromatic heterocycles. The molecule has 3 heteroatoms. The topological polar surface area (TPSA) is 49.4 Å². The number of hydrogen-bond donors (Lipinski definition) is 0. The Labute approximate surface area is 58.3 Å². The van der Waals surface area contributed by atoms with Crippen LogP contribution in [0.5, 0.6) is 0 Å². The number of carbonyl (C=O) groups excluding carboxylic acids is 1. The van der Waals surface area contributed by atoms with E-state index in [1.165, 1.54) is 0 Å². The number of carbonyl (C=O) groups is 1. The minimum absolute atomic E-state index is 0.0351. The lowest BCUT2D eigenvalue weighted by molar-refractivity contribution is -0.312. The van der Waals surface area contributed by atoms with Gasteiger partial charge in [0.2, 0.25) is 0 Å². The molecule has 2 aliphatic heterocycles. The van der Waals surface area contributed by atoms with E-state index in [1.54, 1.807) is 6.08 Å². The van der Waals surface area contributed by atoms with Crippen molar-refractivity contribution in [2.24, 2.45) is 5.92 Å². The third-order valence-corrected chi connectivity index (χ3v) is 2.03. The first kappa shape index (κ1) is 5.92. The molecule has 1 saturated heterocycles. The molecule has 0 saturated carbocycles. The average Bonchev–Trinajstić information content (AvgIpc) is 2.44. The molecule has 54 valence electrons. The molecule has 0 spiro atoms. The highest BCUT2D eigenvalue weighted by atomic mass is 16.5. The monoisotopic (exact) mass is 139 g/mol. The highest BCUT2D eigenvalue weighted by Crippen LogP contribution is 2.32. The van der Waals surface area contributed by atoms with Crippen molar-refractivity contribution in [3.05, 3.63) is 12.2 Å². The fourth-order valence-electron chi connectivity index (χ4n) is 1.50. The van der Waals surface area contributed by atoms with E-state index in [0.717, 1.165) is 0 Å². The van der Waals surface area contributed by atoms with Crippen LogP contribution in [0.3, 0.4) is 0 Å². The van der Waals surface area contributed by atoms with Crippen molar-refractivity contribution >= 4 is 5.97 Å². The second-order valence-electron chi connectivity index (χ2n) is 2.69. The Bertz CT molecular complexity index is 197. The standard InChI is InChI=1S/C7H8O3/c8-7(9)5-3-4-1-2-6(5)10-4/h1-2,4-6H,3H2,(H,8,9)/p-1/t4-,5-,6+/m0/s1. The summed E-state index contributed by atoms with van der Waals surface area (Å²) in [6.07, 6.45) is 4.12. The van der Waals surface area contributed by atoms with Crippen LogP contribution >= 0.6 is 0 Å². The average molecular weight is 139 g/mol. The van der Waals surface area contributed by atoms with Crippen molar-refractivity contribution in [2.75, 3.05) is 0 Å². The third kappa shape index (κ3) is 0.671. The van der Waals surface area contributed by atoms with Gasteiger partial charge in [0.25, 0.3) is 0 Å². The zero-order valence-electron chi connectivity index (χ0n) is 5.32. The number of ether oxygens (including phenoxy) is 1. The third-order valence-electron chi connectivity index (χ3n) is 2.03. The summed E-state index contributed by atoms with van der Waals surface area (Å²) in [6, 6.07) is 0. The van der Waals surface area contributed by atoms with Gasteiger partial charge in [-0.25, -0.2) is 0 Å². The molecule has 3 atom stereocenters. The summed E-state index contributed by atoms with van der Waals surface area (Å²) in [5.41, 5.74) is 0. The Morgan fingerprint density at radius 3 is 2.70 bits per heavy atom. The fourth-order valence-corrected chi connectivity index (χ4v) is 1.50. The number of rotatable bonds is 1. The first-order valence-corrected chi connectivity index (χ1v) is 3.32. The maximum absolute atomic E-state index is 10.4. The van der Waals surface area contributed by atoms with Gasteiger partial charge < -0.3 is 14.6 Å². The van der Waals surface area contributed by atoms with Crippen LogP contribution in [0.1, 0.15) is 6.42 Å². The van der Waals surface area contributed by atoms with Gasteiger partial charge in [0.1, 0.15) is 0 Å². The fraction of sp³-hybridized carbons (Fsp3) is 0.571. The maximum Gasteiger partial charge on any atom is 0.0846 e. The molecular formula is C7H7O3-. The van der Waals surface area contributed by atoms with E-state index in [0.29, 0.717) is 6.42 Å². The van der Waals surface area contributed by atoms with Gasteiger partial charge in [-0.3, -0.25) is 0 Å².